The third-order valence-electron chi connectivity index (χ3n) is 0. The Balaban J connectivity index is -0.0000000400. The van der Waals surface area contributed by atoms with Crippen LogP contribution in [0.3, 0.4) is 0 Å². The minimum atomic E-state index is 0. The first-order valence-corrected chi connectivity index (χ1v) is 1.12. The first kappa shape index (κ1) is 8.86. The average Bonchev–Trinajstić information content (AvgIpc) is 1.39. The second kappa shape index (κ2) is 40.5. The van der Waals surface area contributed by atoms with E-state index in [0.29, 0.717) is 0 Å². The molecule has 0 aliphatic carbocycles. The van der Waals surface area contributed by atoms with Crippen LogP contribution in [0, 0.1) is 0 Å². The zero-order valence-corrected chi connectivity index (χ0v) is 3.23. The number of carbonyl (C=O) groups excluding carboxylic acids is 2. The van der Waals surface area contributed by atoms with Gasteiger partial charge in [-0.2, -0.15) is 0 Å². The van der Waals surface area contributed by atoms with Crippen molar-refractivity contribution in [2.75, 3.05) is 0 Å². The van der Waals surface area contributed by atoms with Crippen molar-refractivity contribution in [1.29, 1.82) is 0 Å². The van der Waals surface area contributed by atoms with Crippen LogP contribution in [0.2, 0.25) is 0 Å². The molecule has 0 aliphatic rings. The summed E-state index contributed by atoms with van der Waals surface area (Å²) < 4.78 is 0. The largest absolute Gasteiger partial charge is 0.234 e. The van der Waals surface area contributed by atoms with Crippen molar-refractivity contribution in [2.45, 2.75) is 0 Å². The molecule has 0 aromatic carbocycles. The van der Waals surface area contributed by atoms with Gasteiger partial charge in [0.2, 0.25) is 0 Å². The number of hydrogen-bond acceptors (Lipinski definition) is 2. The van der Waals surface area contributed by atoms with Gasteiger partial charge in [-0.1, -0.05) is 0 Å². The molecule has 0 bridgehead atoms. The highest BCUT2D eigenvalue weighted by atomic mass is 16.1. The molecule has 0 aromatic rings. The Morgan fingerprint density at radius 3 is 1.17 bits per heavy atom. The molecule has 0 rings (SSSR count). The molecular weight excluding hydrogens is 80.0 g/mol. The van der Waals surface area contributed by atoms with Gasteiger partial charge in [-0.15, -0.1) is 0 Å². The Kier molecular flexibility index (Phi) is 59.8. The van der Waals surface area contributed by atoms with Crippen LogP contribution in [0.25, 0.3) is 0 Å². The summed E-state index contributed by atoms with van der Waals surface area (Å²) in [7, 11) is 0. The predicted octanol–water partition coefficient (Wildman–Crippen LogP) is 0.254. The molecule has 2 nitrogen and oxygen atoms in total. The van der Waals surface area contributed by atoms with Crippen molar-refractivity contribution >= 4 is 11.9 Å². The first-order valence-electron chi connectivity index (χ1n) is 1.12. The SMILES string of the molecule is C=C=O.C=C=O.[HH]. The first-order chi connectivity index (χ1) is 2.83. The Morgan fingerprint density at radius 1 is 1.17 bits per heavy atom. The quantitative estimate of drug-likeness (QED) is 0.396. The molecule has 6 heavy (non-hydrogen) atoms. The second-order valence-electron chi connectivity index (χ2n) is 0.289. The summed E-state index contributed by atoms with van der Waals surface area (Å²) in [6.45, 7) is 5.36. The van der Waals surface area contributed by atoms with Crippen LogP contribution < -0.4 is 0 Å². The third kappa shape index (κ3) is 8.65. The van der Waals surface area contributed by atoms with E-state index in [1.54, 1.807) is 0 Å². The molecule has 0 N–H and O–H groups in total. The fourth-order valence-corrected chi connectivity index (χ4v) is 0. The maximum absolute atomic E-state index is 8.57. The van der Waals surface area contributed by atoms with Crippen LogP contribution in [-0.2, 0) is 9.59 Å². The average molecular weight is 86.1 g/mol. The molecule has 0 saturated heterocycles. The van der Waals surface area contributed by atoms with Gasteiger partial charge in [-0.05, 0) is 13.2 Å². The molecule has 0 unspecified atom stereocenters. The van der Waals surface area contributed by atoms with Crippen LogP contribution >= 0.6 is 0 Å². The predicted molar refractivity (Wildman–Crippen MR) is 24.8 cm³/mol. The minimum absolute atomic E-state index is 0. The summed E-state index contributed by atoms with van der Waals surface area (Å²) in [4.78, 5) is 17.1. The summed E-state index contributed by atoms with van der Waals surface area (Å²) in [5.41, 5.74) is 0. The van der Waals surface area contributed by atoms with Gasteiger partial charge < -0.3 is 0 Å². The molecule has 34 valence electrons. The highest BCUT2D eigenvalue weighted by Gasteiger charge is 1.01. The van der Waals surface area contributed by atoms with Gasteiger partial charge in [0, 0.05) is 1.43 Å². The van der Waals surface area contributed by atoms with E-state index in [2.05, 4.69) is 13.2 Å². The van der Waals surface area contributed by atoms with Gasteiger partial charge in [0.15, 0.2) is 0 Å². The second-order valence-corrected chi connectivity index (χ2v) is 0.289. The van der Waals surface area contributed by atoms with Crippen LogP contribution in [0.1, 0.15) is 1.43 Å². The smallest absolute Gasteiger partial charge is 0.116 e. The molecule has 0 fully saturated rings. The van der Waals surface area contributed by atoms with Crippen LogP contribution in [0.4, 0.5) is 0 Å². The van der Waals surface area contributed by atoms with E-state index in [0.717, 1.165) is 0 Å². The van der Waals surface area contributed by atoms with Gasteiger partial charge in [0.1, 0.15) is 11.9 Å². The summed E-state index contributed by atoms with van der Waals surface area (Å²) >= 11 is 0. The maximum Gasteiger partial charge on any atom is 0.116 e. The van der Waals surface area contributed by atoms with Crippen LogP contribution in [-0.4, -0.2) is 11.9 Å². The number of hydrogen-bond donors (Lipinski definition) is 0. The van der Waals surface area contributed by atoms with Gasteiger partial charge >= 0.3 is 0 Å². The summed E-state index contributed by atoms with van der Waals surface area (Å²) in [6.07, 6.45) is 0. The molecule has 0 aliphatic heterocycles. The lowest BCUT2D eigenvalue weighted by atomic mass is 11.2. The van der Waals surface area contributed by atoms with Crippen molar-refractivity contribution < 1.29 is 11.0 Å². The topological polar surface area (TPSA) is 34.1 Å². The summed E-state index contributed by atoms with van der Waals surface area (Å²) in [5.74, 6) is 2.50. The molecular formula is C4H6O2. The minimum Gasteiger partial charge on any atom is -0.234 e. The van der Waals surface area contributed by atoms with Crippen molar-refractivity contribution in [3.8, 4) is 0 Å². The number of rotatable bonds is 0. The van der Waals surface area contributed by atoms with E-state index < -0.39 is 0 Å². The van der Waals surface area contributed by atoms with E-state index in [9.17, 15) is 0 Å². The fraction of sp³-hybridized carbons (Fsp3) is 0. The van der Waals surface area contributed by atoms with E-state index in [1.165, 1.54) is 11.9 Å². The van der Waals surface area contributed by atoms with Crippen molar-refractivity contribution in [3.63, 3.8) is 0 Å². The highest BCUT2D eigenvalue weighted by molar-refractivity contribution is 5.38. The standard InChI is InChI=1S/2C2H2O.H2/c2*1-2-3;/h2*1H2;1H. The molecule has 0 spiro atoms. The zero-order valence-electron chi connectivity index (χ0n) is 3.23. The Labute approximate surface area is 37.3 Å². The lowest BCUT2D eigenvalue weighted by Crippen LogP contribution is -1.15. The third-order valence-corrected chi connectivity index (χ3v) is 0. The molecule has 0 radical (unpaired) electrons. The molecule has 0 atom stereocenters. The summed E-state index contributed by atoms with van der Waals surface area (Å²) in [6, 6.07) is 0. The lowest BCUT2D eigenvalue weighted by molar-refractivity contribution is 0.569. The van der Waals surface area contributed by atoms with E-state index in [1.807, 2.05) is 0 Å². The highest BCUT2D eigenvalue weighted by Crippen LogP contribution is 0.897. The molecule has 0 heterocycles. The van der Waals surface area contributed by atoms with Crippen LogP contribution in [0.5, 0.6) is 0 Å². The molecule has 2 heteroatoms. The monoisotopic (exact) mass is 86.0 g/mol. The van der Waals surface area contributed by atoms with Crippen molar-refractivity contribution in [1.82, 2.24) is 0 Å². The lowest BCUT2D eigenvalue weighted by Gasteiger charge is -1.02. The fourth-order valence-electron chi connectivity index (χ4n) is 0. The summed E-state index contributed by atoms with van der Waals surface area (Å²) in [5, 5.41) is 0. The molecule has 0 amide bonds. The molecule has 0 saturated carbocycles. The Hall–Kier alpha value is -1.10. The maximum atomic E-state index is 8.57. The van der Waals surface area contributed by atoms with E-state index >= 15 is 0 Å². The van der Waals surface area contributed by atoms with Gasteiger partial charge in [-0.3, -0.25) is 0 Å². The Bertz CT molecular complexity index is 63.7. The normalized spacial score (nSPS) is 2.67. The van der Waals surface area contributed by atoms with E-state index in [4.69, 9.17) is 9.59 Å². The van der Waals surface area contributed by atoms with Gasteiger partial charge in [0.05, 0.1) is 0 Å². The molecule has 0 aromatic heterocycles. The van der Waals surface area contributed by atoms with E-state index in [-0.39, 0.29) is 1.43 Å². The zero-order chi connectivity index (χ0) is 5.41. The van der Waals surface area contributed by atoms with Gasteiger partial charge in [0.25, 0.3) is 0 Å². The van der Waals surface area contributed by atoms with Crippen LogP contribution in [0.15, 0.2) is 13.2 Å². The van der Waals surface area contributed by atoms with Gasteiger partial charge in [-0.25, -0.2) is 9.59 Å². The van der Waals surface area contributed by atoms with Crippen molar-refractivity contribution in [3.05, 3.63) is 13.2 Å². The Morgan fingerprint density at radius 2 is 1.17 bits per heavy atom. The van der Waals surface area contributed by atoms with Crippen molar-refractivity contribution in [2.24, 2.45) is 0 Å².